The van der Waals surface area contributed by atoms with E-state index in [1.165, 1.54) is 15.6 Å². The summed E-state index contributed by atoms with van der Waals surface area (Å²) in [5, 5.41) is 2.38. The van der Waals surface area contributed by atoms with Crippen LogP contribution in [0.5, 0.6) is 0 Å². The Morgan fingerprint density at radius 3 is 2.35 bits per heavy atom. The molecule has 0 saturated carbocycles. The highest BCUT2D eigenvalue weighted by molar-refractivity contribution is 9.10. The van der Waals surface area contributed by atoms with Crippen molar-refractivity contribution in [2.24, 2.45) is 0 Å². The maximum absolute atomic E-state index is 12.6. The van der Waals surface area contributed by atoms with Crippen LogP contribution in [0.2, 0.25) is 5.02 Å². The van der Waals surface area contributed by atoms with Gasteiger partial charge in [-0.25, -0.2) is 8.42 Å². The van der Waals surface area contributed by atoms with Gasteiger partial charge >= 0.3 is 0 Å². The third-order valence-electron chi connectivity index (χ3n) is 3.10. The Kier molecular flexibility index (Phi) is 4.92. The fraction of sp³-hybridized carbons (Fsp3) is 0.231. The van der Waals surface area contributed by atoms with Crippen molar-refractivity contribution in [1.82, 2.24) is 4.31 Å². The summed E-state index contributed by atoms with van der Waals surface area (Å²) in [6, 6.07) is 8.65. The normalized spacial score (nSPS) is 13.7. The van der Waals surface area contributed by atoms with Crippen molar-refractivity contribution >= 4 is 48.9 Å². The first-order valence-electron chi connectivity index (χ1n) is 5.80. The second kappa shape index (κ2) is 6.15. The van der Waals surface area contributed by atoms with Gasteiger partial charge in [0.25, 0.3) is 10.0 Å². The molecule has 0 amide bonds. The van der Waals surface area contributed by atoms with E-state index < -0.39 is 10.0 Å². The molecule has 1 unspecified atom stereocenters. The largest absolute Gasteiger partial charge is 0.253 e. The molecule has 108 valence electrons. The summed E-state index contributed by atoms with van der Waals surface area (Å²) in [5.74, 6) is 0. The number of rotatable bonds is 4. The van der Waals surface area contributed by atoms with Crippen molar-refractivity contribution in [3.63, 3.8) is 0 Å². The molecule has 0 radical (unpaired) electrons. The van der Waals surface area contributed by atoms with Crippen LogP contribution in [-0.4, -0.2) is 19.8 Å². The molecule has 0 fully saturated rings. The lowest BCUT2D eigenvalue weighted by Crippen LogP contribution is -2.29. The Hall–Kier alpha value is -0.400. The zero-order valence-electron chi connectivity index (χ0n) is 10.9. The minimum absolute atomic E-state index is 0.272. The fourth-order valence-electron chi connectivity index (χ4n) is 1.75. The lowest BCUT2D eigenvalue weighted by atomic mass is 10.1. The van der Waals surface area contributed by atoms with Gasteiger partial charge in [-0.05, 0) is 52.0 Å². The lowest BCUT2D eigenvalue weighted by molar-refractivity contribution is 0.399. The molecule has 20 heavy (non-hydrogen) atoms. The van der Waals surface area contributed by atoms with Gasteiger partial charge in [0.2, 0.25) is 0 Å². The number of halogens is 2. The van der Waals surface area contributed by atoms with Gasteiger partial charge in [0, 0.05) is 22.6 Å². The van der Waals surface area contributed by atoms with Crippen LogP contribution in [0.3, 0.4) is 0 Å². The average molecular weight is 395 g/mol. The lowest BCUT2D eigenvalue weighted by Gasteiger charge is -2.24. The van der Waals surface area contributed by atoms with Crippen molar-refractivity contribution in [2.75, 3.05) is 7.05 Å². The molecule has 3 nitrogen and oxygen atoms in total. The molecule has 0 spiro atoms. The summed E-state index contributed by atoms with van der Waals surface area (Å²) in [6.45, 7) is 1.85. The molecule has 1 atom stereocenters. The molecule has 0 aliphatic rings. The van der Waals surface area contributed by atoms with E-state index in [9.17, 15) is 8.42 Å². The highest BCUT2D eigenvalue weighted by atomic mass is 79.9. The Labute approximate surface area is 136 Å². The Bertz CT molecular complexity index is 697. The highest BCUT2D eigenvalue weighted by Gasteiger charge is 2.29. The van der Waals surface area contributed by atoms with Crippen LogP contribution in [-0.2, 0) is 10.0 Å². The van der Waals surface area contributed by atoms with Gasteiger partial charge in [-0.15, -0.1) is 11.3 Å². The van der Waals surface area contributed by atoms with E-state index in [0.29, 0.717) is 13.7 Å². The van der Waals surface area contributed by atoms with E-state index in [0.717, 1.165) is 5.56 Å². The van der Waals surface area contributed by atoms with Crippen LogP contribution in [0, 0.1) is 0 Å². The van der Waals surface area contributed by atoms with Gasteiger partial charge in [0.05, 0.1) is 0 Å². The number of sulfonamides is 1. The number of hydrogen-bond donors (Lipinski definition) is 0. The SMILES string of the molecule is CC(c1ccc(Cl)cc1)N(C)S(=O)(=O)c1sccc1Br. The third-order valence-corrected chi connectivity index (χ3v) is 7.92. The highest BCUT2D eigenvalue weighted by Crippen LogP contribution is 2.33. The molecule has 0 bridgehead atoms. The topological polar surface area (TPSA) is 37.4 Å². The monoisotopic (exact) mass is 393 g/mol. The number of hydrogen-bond acceptors (Lipinski definition) is 3. The molecule has 2 rings (SSSR count). The second-order valence-electron chi connectivity index (χ2n) is 4.30. The van der Waals surface area contributed by atoms with Crippen LogP contribution < -0.4 is 0 Å². The van der Waals surface area contributed by atoms with Crippen LogP contribution in [0.25, 0.3) is 0 Å². The molecule has 2 aromatic rings. The van der Waals surface area contributed by atoms with Gasteiger partial charge < -0.3 is 0 Å². The van der Waals surface area contributed by atoms with E-state index in [-0.39, 0.29) is 6.04 Å². The van der Waals surface area contributed by atoms with E-state index >= 15 is 0 Å². The van der Waals surface area contributed by atoms with Gasteiger partial charge in [-0.1, -0.05) is 23.7 Å². The molecule has 1 aromatic heterocycles. The summed E-state index contributed by atoms with van der Waals surface area (Å²) in [7, 11) is -1.93. The Morgan fingerprint density at radius 2 is 1.85 bits per heavy atom. The molecule has 1 aromatic carbocycles. The first-order valence-corrected chi connectivity index (χ1v) is 9.29. The van der Waals surface area contributed by atoms with Gasteiger partial charge in [-0.3, -0.25) is 0 Å². The maximum Gasteiger partial charge on any atom is 0.253 e. The molecule has 0 N–H and O–H groups in total. The fourth-order valence-corrected chi connectivity index (χ4v) is 5.71. The van der Waals surface area contributed by atoms with Crippen molar-refractivity contribution in [1.29, 1.82) is 0 Å². The van der Waals surface area contributed by atoms with Crippen molar-refractivity contribution in [2.45, 2.75) is 17.2 Å². The standard InChI is InChI=1S/C13H13BrClNO2S2/c1-9(10-3-5-11(15)6-4-10)16(2)20(17,18)13-12(14)7-8-19-13/h3-9H,1-2H3. The van der Waals surface area contributed by atoms with Gasteiger partial charge in [0.15, 0.2) is 0 Å². The molecule has 0 aliphatic carbocycles. The molecule has 0 aliphatic heterocycles. The predicted molar refractivity (Wildman–Crippen MR) is 86.8 cm³/mol. The van der Waals surface area contributed by atoms with Crippen LogP contribution >= 0.6 is 38.9 Å². The summed E-state index contributed by atoms with van der Waals surface area (Å²) >= 11 is 10.3. The van der Waals surface area contributed by atoms with E-state index in [1.807, 2.05) is 19.1 Å². The van der Waals surface area contributed by atoms with E-state index in [1.54, 1.807) is 30.6 Å². The minimum atomic E-state index is -3.51. The second-order valence-corrected chi connectivity index (χ2v) is 8.70. The zero-order valence-corrected chi connectivity index (χ0v) is 14.9. The summed E-state index contributed by atoms with van der Waals surface area (Å²) < 4.78 is 27.4. The maximum atomic E-state index is 12.6. The summed E-state index contributed by atoms with van der Waals surface area (Å²) in [6.07, 6.45) is 0. The molecule has 1 heterocycles. The van der Waals surface area contributed by atoms with E-state index in [2.05, 4.69) is 15.9 Å². The molecular weight excluding hydrogens is 382 g/mol. The number of benzene rings is 1. The molecule has 0 saturated heterocycles. The minimum Gasteiger partial charge on any atom is -0.206 e. The van der Waals surface area contributed by atoms with E-state index in [4.69, 9.17) is 11.6 Å². The number of nitrogens with zero attached hydrogens (tertiary/aromatic N) is 1. The average Bonchev–Trinajstić information content (AvgIpc) is 2.85. The first-order chi connectivity index (χ1) is 9.34. The quantitative estimate of drug-likeness (QED) is 0.763. The summed E-state index contributed by atoms with van der Waals surface area (Å²) in [4.78, 5) is 0. The van der Waals surface area contributed by atoms with Crippen molar-refractivity contribution in [3.05, 3.63) is 50.8 Å². The summed E-state index contributed by atoms with van der Waals surface area (Å²) in [5.41, 5.74) is 0.896. The van der Waals surface area contributed by atoms with Gasteiger partial charge in [0.1, 0.15) is 4.21 Å². The third kappa shape index (κ3) is 3.09. The molecule has 7 heteroatoms. The number of thiophene rings is 1. The first kappa shape index (κ1) is 16.0. The van der Waals surface area contributed by atoms with Crippen LogP contribution in [0.4, 0.5) is 0 Å². The van der Waals surface area contributed by atoms with Gasteiger partial charge in [-0.2, -0.15) is 4.31 Å². The zero-order chi connectivity index (χ0) is 14.9. The molecular formula is C13H13BrClNO2S2. The van der Waals surface area contributed by atoms with Crippen molar-refractivity contribution in [3.8, 4) is 0 Å². The van der Waals surface area contributed by atoms with Crippen molar-refractivity contribution < 1.29 is 8.42 Å². The van der Waals surface area contributed by atoms with Crippen LogP contribution in [0.15, 0.2) is 44.4 Å². The Morgan fingerprint density at radius 1 is 1.25 bits per heavy atom. The van der Waals surface area contributed by atoms with Crippen LogP contribution in [0.1, 0.15) is 18.5 Å². The predicted octanol–water partition coefficient (Wildman–Crippen LogP) is 4.55. The Balaban J connectivity index is 2.33. The smallest absolute Gasteiger partial charge is 0.206 e.